The zero-order chi connectivity index (χ0) is 15.4. The highest BCUT2D eigenvalue weighted by Gasteiger charge is 2.14. The van der Waals surface area contributed by atoms with E-state index in [-0.39, 0.29) is 5.82 Å². The molecule has 0 atom stereocenters. The van der Waals surface area contributed by atoms with Crippen LogP contribution in [0.2, 0.25) is 0 Å². The van der Waals surface area contributed by atoms with Crippen molar-refractivity contribution >= 4 is 22.2 Å². The van der Waals surface area contributed by atoms with Gasteiger partial charge in [-0.3, -0.25) is 0 Å². The molecule has 0 aliphatic rings. The molecule has 110 valence electrons. The van der Waals surface area contributed by atoms with Crippen molar-refractivity contribution in [2.45, 2.75) is 6.54 Å². The molecule has 3 aromatic rings. The Morgan fingerprint density at radius 1 is 1.05 bits per heavy atom. The second-order valence-electron chi connectivity index (χ2n) is 4.73. The predicted octanol–water partition coefficient (Wildman–Crippen LogP) is 4.22. The van der Waals surface area contributed by atoms with E-state index in [9.17, 15) is 4.39 Å². The summed E-state index contributed by atoms with van der Waals surface area (Å²) in [6, 6.07) is 16.1. The minimum Gasteiger partial charge on any atom is -0.248 e. The van der Waals surface area contributed by atoms with Gasteiger partial charge in [0.05, 0.1) is 11.6 Å². The molecule has 1 heterocycles. The molecule has 0 spiro atoms. The van der Waals surface area contributed by atoms with Crippen LogP contribution < -0.4 is 0 Å². The largest absolute Gasteiger partial charge is 0.248 e. The Morgan fingerprint density at radius 3 is 2.45 bits per heavy atom. The van der Waals surface area contributed by atoms with Crippen molar-refractivity contribution in [3.63, 3.8) is 0 Å². The van der Waals surface area contributed by atoms with Gasteiger partial charge in [0.15, 0.2) is 0 Å². The molecular formula is C17H13ClFN3. The minimum atomic E-state index is -0.313. The summed E-state index contributed by atoms with van der Waals surface area (Å²) in [6.07, 6.45) is 3.02. The van der Waals surface area contributed by atoms with Crippen LogP contribution in [0.15, 0.2) is 67.3 Å². The van der Waals surface area contributed by atoms with Crippen LogP contribution in [0, 0.1) is 5.82 Å². The van der Waals surface area contributed by atoms with E-state index in [2.05, 4.69) is 10.1 Å². The van der Waals surface area contributed by atoms with Gasteiger partial charge >= 0.3 is 0 Å². The number of hydrogen-bond donors (Lipinski definition) is 0. The van der Waals surface area contributed by atoms with Crippen LogP contribution in [0.5, 0.6) is 0 Å². The molecule has 2 aromatic carbocycles. The number of aromatic nitrogens is 3. The quantitative estimate of drug-likeness (QED) is 0.675. The molecule has 0 fully saturated rings. The molecule has 1 aromatic heterocycles. The SMILES string of the molecule is Fc1ccccc1C(Cn1cncn1)=C(Cl)c1ccccc1. The molecule has 0 unspecified atom stereocenters. The van der Waals surface area contributed by atoms with Gasteiger partial charge in [0, 0.05) is 11.1 Å². The fourth-order valence-corrected chi connectivity index (χ4v) is 2.50. The lowest BCUT2D eigenvalue weighted by molar-refractivity contribution is 0.620. The number of halogens is 2. The summed E-state index contributed by atoms with van der Waals surface area (Å²) in [4.78, 5) is 3.92. The maximum atomic E-state index is 14.2. The van der Waals surface area contributed by atoms with Crippen LogP contribution in [0.25, 0.3) is 10.6 Å². The van der Waals surface area contributed by atoms with Gasteiger partial charge in [-0.15, -0.1) is 0 Å². The molecule has 0 saturated heterocycles. The molecule has 0 saturated carbocycles. The lowest BCUT2D eigenvalue weighted by Gasteiger charge is -2.12. The summed E-state index contributed by atoms with van der Waals surface area (Å²) in [5, 5.41) is 4.58. The molecule has 3 nitrogen and oxygen atoms in total. The van der Waals surface area contributed by atoms with Crippen LogP contribution >= 0.6 is 11.6 Å². The van der Waals surface area contributed by atoms with Crippen molar-refractivity contribution in [2.75, 3.05) is 0 Å². The van der Waals surface area contributed by atoms with Gasteiger partial charge in [-0.25, -0.2) is 14.1 Å². The first-order valence-corrected chi connectivity index (χ1v) is 7.15. The summed E-state index contributed by atoms with van der Waals surface area (Å²) in [5.74, 6) is -0.313. The minimum absolute atomic E-state index is 0.313. The standard InChI is InChI=1S/C17H13ClFN3/c18-17(13-6-2-1-3-7-13)15(10-22-12-20-11-21-22)14-8-4-5-9-16(14)19/h1-9,11-12H,10H2. The molecule has 0 N–H and O–H groups in total. The summed E-state index contributed by atoms with van der Waals surface area (Å²) >= 11 is 6.55. The highest BCUT2D eigenvalue weighted by molar-refractivity contribution is 6.52. The first-order valence-electron chi connectivity index (χ1n) is 6.77. The van der Waals surface area contributed by atoms with Crippen LogP contribution in [-0.2, 0) is 6.54 Å². The highest BCUT2D eigenvalue weighted by atomic mass is 35.5. The van der Waals surface area contributed by atoms with Gasteiger partial charge in [-0.2, -0.15) is 5.10 Å². The van der Waals surface area contributed by atoms with Crippen molar-refractivity contribution in [3.8, 4) is 0 Å². The summed E-state index contributed by atoms with van der Waals surface area (Å²) in [6.45, 7) is 0.342. The van der Waals surface area contributed by atoms with Crippen molar-refractivity contribution < 1.29 is 4.39 Å². The summed E-state index contributed by atoms with van der Waals surface area (Å²) in [5.41, 5.74) is 1.96. The Balaban J connectivity index is 2.13. The maximum absolute atomic E-state index is 14.2. The first-order chi connectivity index (χ1) is 10.8. The number of rotatable bonds is 4. The van der Waals surface area contributed by atoms with Crippen LogP contribution in [-0.4, -0.2) is 14.8 Å². The monoisotopic (exact) mass is 313 g/mol. The average Bonchev–Trinajstić information content (AvgIpc) is 3.07. The van der Waals surface area contributed by atoms with E-state index in [0.29, 0.717) is 22.7 Å². The van der Waals surface area contributed by atoms with E-state index in [1.165, 1.54) is 12.4 Å². The molecule has 0 bridgehead atoms. The first kappa shape index (κ1) is 14.5. The zero-order valence-electron chi connectivity index (χ0n) is 11.7. The topological polar surface area (TPSA) is 30.7 Å². The fraction of sp³-hybridized carbons (Fsp3) is 0.0588. The number of benzene rings is 2. The Bertz CT molecular complexity index is 783. The Kier molecular flexibility index (Phi) is 4.30. The Morgan fingerprint density at radius 2 is 1.77 bits per heavy atom. The van der Waals surface area contributed by atoms with Crippen LogP contribution in [0.3, 0.4) is 0 Å². The Labute approximate surface area is 132 Å². The Hall–Kier alpha value is -2.46. The van der Waals surface area contributed by atoms with Crippen LogP contribution in [0.4, 0.5) is 4.39 Å². The van der Waals surface area contributed by atoms with Gasteiger partial charge in [-0.05, 0) is 11.6 Å². The van der Waals surface area contributed by atoms with E-state index in [1.807, 2.05) is 30.3 Å². The predicted molar refractivity (Wildman–Crippen MR) is 85.5 cm³/mol. The van der Waals surface area contributed by atoms with Crippen molar-refractivity contribution in [3.05, 3.63) is 84.2 Å². The van der Waals surface area contributed by atoms with E-state index in [0.717, 1.165) is 5.56 Å². The average molecular weight is 314 g/mol. The summed E-state index contributed by atoms with van der Waals surface area (Å²) < 4.78 is 15.8. The lowest BCUT2D eigenvalue weighted by atomic mass is 10.0. The number of hydrogen-bond acceptors (Lipinski definition) is 2. The van der Waals surface area contributed by atoms with E-state index >= 15 is 0 Å². The molecule has 0 aliphatic carbocycles. The molecule has 22 heavy (non-hydrogen) atoms. The second kappa shape index (κ2) is 6.54. The van der Waals surface area contributed by atoms with E-state index in [1.54, 1.807) is 29.2 Å². The molecule has 5 heteroatoms. The smallest absolute Gasteiger partial charge is 0.137 e. The van der Waals surface area contributed by atoms with Gasteiger partial charge in [0.1, 0.15) is 18.5 Å². The number of nitrogens with zero attached hydrogens (tertiary/aromatic N) is 3. The number of allylic oxidation sites excluding steroid dienone is 1. The highest BCUT2D eigenvalue weighted by Crippen LogP contribution is 2.31. The molecule has 0 radical (unpaired) electrons. The van der Waals surface area contributed by atoms with Crippen molar-refractivity contribution in [1.29, 1.82) is 0 Å². The van der Waals surface area contributed by atoms with E-state index in [4.69, 9.17) is 11.6 Å². The van der Waals surface area contributed by atoms with Crippen molar-refractivity contribution in [2.24, 2.45) is 0 Å². The molecule has 0 amide bonds. The fourth-order valence-electron chi connectivity index (χ4n) is 2.21. The second-order valence-corrected chi connectivity index (χ2v) is 5.11. The van der Waals surface area contributed by atoms with Crippen LogP contribution in [0.1, 0.15) is 11.1 Å². The third-order valence-corrected chi connectivity index (χ3v) is 3.72. The normalized spacial score (nSPS) is 12.1. The van der Waals surface area contributed by atoms with Crippen molar-refractivity contribution in [1.82, 2.24) is 14.8 Å². The van der Waals surface area contributed by atoms with Gasteiger partial charge in [0.2, 0.25) is 0 Å². The maximum Gasteiger partial charge on any atom is 0.137 e. The summed E-state index contributed by atoms with van der Waals surface area (Å²) in [7, 11) is 0. The van der Waals surface area contributed by atoms with Gasteiger partial charge < -0.3 is 0 Å². The third kappa shape index (κ3) is 3.07. The molecule has 3 rings (SSSR count). The van der Waals surface area contributed by atoms with E-state index < -0.39 is 0 Å². The van der Waals surface area contributed by atoms with Gasteiger partial charge in [0.25, 0.3) is 0 Å². The molecular weight excluding hydrogens is 301 g/mol. The third-order valence-electron chi connectivity index (χ3n) is 3.28. The molecule has 0 aliphatic heterocycles. The van der Waals surface area contributed by atoms with Gasteiger partial charge in [-0.1, -0.05) is 60.1 Å². The lowest BCUT2D eigenvalue weighted by Crippen LogP contribution is -2.04. The zero-order valence-corrected chi connectivity index (χ0v) is 12.4.